The van der Waals surface area contributed by atoms with E-state index in [1.807, 2.05) is 0 Å². The zero-order valence-corrected chi connectivity index (χ0v) is 21.1. The molecule has 0 spiro atoms. The molecule has 2 amide bonds. The number of Topliss-reactive ketones (excluding diaryl/α,β-unsaturated/α-hetero) is 1. The SMILES string of the molecule is NC(=O)[C@@H](CCC(F)(F)F)[C@@H](CCC(F)(F)F)C(=O)N[C@H]1N=C(c2ccc(CO)cc2)c2ccccc2CC1=O. The summed E-state index contributed by atoms with van der Waals surface area (Å²) < 4.78 is 77.6. The second kappa shape index (κ2) is 12.6. The third-order valence-electron chi connectivity index (χ3n) is 6.55. The zero-order valence-electron chi connectivity index (χ0n) is 21.1. The molecule has 0 radical (unpaired) electrons. The molecule has 3 atom stereocenters. The van der Waals surface area contributed by atoms with Crippen LogP contribution in [0.3, 0.4) is 0 Å². The highest BCUT2D eigenvalue weighted by Gasteiger charge is 2.40. The Morgan fingerprint density at radius 2 is 1.52 bits per heavy atom. The molecular formula is C27H27F6N3O4. The first kappa shape index (κ1) is 30.8. The number of amides is 2. The fourth-order valence-corrected chi connectivity index (χ4v) is 4.51. The lowest BCUT2D eigenvalue weighted by Crippen LogP contribution is -2.47. The molecule has 1 heterocycles. The lowest BCUT2D eigenvalue weighted by molar-refractivity contribution is -0.152. The predicted molar refractivity (Wildman–Crippen MR) is 132 cm³/mol. The Morgan fingerprint density at radius 1 is 0.950 bits per heavy atom. The summed E-state index contributed by atoms with van der Waals surface area (Å²) >= 11 is 0. The average molecular weight is 572 g/mol. The quantitative estimate of drug-likeness (QED) is 0.374. The number of nitrogens with two attached hydrogens (primary N) is 1. The van der Waals surface area contributed by atoms with Crippen molar-refractivity contribution in [2.75, 3.05) is 0 Å². The van der Waals surface area contributed by atoms with Gasteiger partial charge in [-0.05, 0) is 24.0 Å². The van der Waals surface area contributed by atoms with Crippen molar-refractivity contribution >= 4 is 23.3 Å². The van der Waals surface area contributed by atoms with E-state index >= 15 is 0 Å². The molecule has 0 unspecified atom stereocenters. The molecule has 0 fully saturated rings. The molecule has 4 N–H and O–H groups in total. The number of aliphatic hydroxyl groups excluding tert-OH is 1. The Balaban J connectivity index is 1.98. The van der Waals surface area contributed by atoms with Crippen LogP contribution in [-0.2, 0) is 27.4 Å². The number of hydrogen-bond donors (Lipinski definition) is 3. The van der Waals surface area contributed by atoms with Gasteiger partial charge in [-0.15, -0.1) is 0 Å². The Hall–Kier alpha value is -3.74. The predicted octanol–water partition coefficient (Wildman–Crippen LogP) is 3.99. The fraction of sp³-hybridized carbons (Fsp3) is 0.407. The van der Waals surface area contributed by atoms with E-state index in [0.717, 1.165) is 0 Å². The van der Waals surface area contributed by atoms with Crippen molar-refractivity contribution in [2.45, 2.75) is 57.2 Å². The summed E-state index contributed by atoms with van der Waals surface area (Å²) in [6, 6.07) is 13.2. The number of alkyl halides is 6. The maximum atomic E-state index is 13.2. The second-order valence-corrected chi connectivity index (χ2v) is 9.47. The van der Waals surface area contributed by atoms with Crippen LogP contribution in [0.2, 0.25) is 0 Å². The molecule has 0 saturated carbocycles. The van der Waals surface area contributed by atoms with Gasteiger partial charge in [0.15, 0.2) is 11.9 Å². The number of benzene rings is 2. The molecule has 1 aliphatic heterocycles. The van der Waals surface area contributed by atoms with Crippen LogP contribution in [0.1, 0.15) is 47.9 Å². The number of carbonyl (C=O) groups excluding carboxylic acids is 3. The van der Waals surface area contributed by atoms with Gasteiger partial charge >= 0.3 is 12.4 Å². The number of aliphatic imine (C=N–C) groups is 1. The molecule has 3 rings (SSSR count). The summed E-state index contributed by atoms with van der Waals surface area (Å²) in [4.78, 5) is 42.8. The number of nitrogens with one attached hydrogen (secondary N) is 1. The maximum Gasteiger partial charge on any atom is 0.389 e. The molecule has 0 saturated heterocycles. The number of ketones is 1. The summed E-state index contributed by atoms with van der Waals surface area (Å²) in [5, 5.41) is 11.6. The van der Waals surface area contributed by atoms with Crippen molar-refractivity contribution in [1.82, 2.24) is 5.32 Å². The summed E-state index contributed by atoms with van der Waals surface area (Å²) in [5.74, 6) is -6.97. The minimum atomic E-state index is -4.77. The molecule has 40 heavy (non-hydrogen) atoms. The molecular weight excluding hydrogens is 544 g/mol. The monoisotopic (exact) mass is 571 g/mol. The lowest BCUT2D eigenvalue weighted by Gasteiger charge is -2.26. The molecule has 7 nitrogen and oxygen atoms in total. The average Bonchev–Trinajstić information content (AvgIpc) is 3.00. The number of fused-ring (bicyclic) bond motifs is 1. The Morgan fingerprint density at radius 3 is 2.08 bits per heavy atom. The van der Waals surface area contributed by atoms with E-state index in [4.69, 9.17) is 5.73 Å². The molecule has 2 aromatic carbocycles. The van der Waals surface area contributed by atoms with Gasteiger partial charge in [0.25, 0.3) is 0 Å². The van der Waals surface area contributed by atoms with E-state index < -0.39 is 73.6 Å². The van der Waals surface area contributed by atoms with Gasteiger partial charge in [-0.25, -0.2) is 0 Å². The van der Waals surface area contributed by atoms with Gasteiger partial charge in [0, 0.05) is 42.2 Å². The Kier molecular flexibility index (Phi) is 9.72. The van der Waals surface area contributed by atoms with Gasteiger partial charge in [0.05, 0.1) is 12.3 Å². The number of halogens is 6. The topological polar surface area (TPSA) is 122 Å². The van der Waals surface area contributed by atoms with Crippen molar-refractivity contribution in [3.05, 3.63) is 70.8 Å². The highest BCUT2D eigenvalue weighted by Crippen LogP contribution is 2.33. The van der Waals surface area contributed by atoms with E-state index in [2.05, 4.69) is 10.3 Å². The van der Waals surface area contributed by atoms with E-state index in [9.17, 15) is 45.8 Å². The number of carbonyl (C=O) groups is 3. The fourth-order valence-electron chi connectivity index (χ4n) is 4.51. The number of primary amides is 1. The number of aliphatic hydroxyl groups is 1. The minimum Gasteiger partial charge on any atom is -0.392 e. The largest absolute Gasteiger partial charge is 0.392 e. The van der Waals surface area contributed by atoms with Crippen LogP contribution < -0.4 is 11.1 Å². The van der Waals surface area contributed by atoms with E-state index in [0.29, 0.717) is 22.3 Å². The zero-order chi connectivity index (χ0) is 29.7. The molecule has 13 heteroatoms. The third-order valence-corrected chi connectivity index (χ3v) is 6.55. The van der Waals surface area contributed by atoms with Crippen LogP contribution >= 0.6 is 0 Å². The van der Waals surface area contributed by atoms with Crippen LogP contribution in [-0.4, -0.2) is 46.9 Å². The van der Waals surface area contributed by atoms with E-state index in [-0.39, 0.29) is 18.7 Å². The van der Waals surface area contributed by atoms with Crippen LogP contribution in [0.4, 0.5) is 26.3 Å². The van der Waals surface area contributed by atoms with Crippen molar-refractivity contribution < 1.29 is 45.8 Å². The van der Waals surface area contributed by atoms with Gasteiger partial charge in [-0.3, -0.25) is 19.4 Å². The van der Waals surface area contributed by atoms with Crippen molar-refractivity contribution in [2.24, 2.45) is 22.6 Å². The highest BCUT2D eigenvalue weighted by atomic mass is 19.4. The first-order valence-electron chi connectivity index (χ1n) is 12.3. The van der Waals surface area contributed by atoms with Crippen molar-refractivity contribution in [1.29, 1.82) is 0 Å². The molecule has 0 bridgehead atoms. The third kappa shape index (κ3) is 8.38. The van der Waals surface area contributed by atoms with E-state index in [1.165, 1.54) is 0 Å². The Bertz CT molecular complexity index is 1260. The normalized spacial score (nSPS) is 17.3. The molecule has 0 aliphatic carbocycles. The molecule has 0 aromatic heterocycles. The second-order valence-electron chi connectivity index (χ2n) is 9.47. The molecule has 2 aromatic rings. The lowest BCUT2D eigenvalue weighted by atomic mass is 9.83. The van der Waals surface area contributed by atoms with Crippen LogP contribution in [0, 0.1) is 11.8 Å². The first-order valence-corrected chi connectivity index (χ1v) is 12.3. The van der Waals surface area contributed by atoms with Gasteiger partial charge in [-0.2, -0.15) is 26.3 Å². The van der Waals surface area contributed by atoms with Gasteiger partial charge < -0.3 is 16.2 Å². The summed E-state index contributed by atoms with van der Waals surface area (Å²) in [6.07, 6.45) is -16.4. The van der Waals surface area contributed by atoms with Gasteiger partial charge in [0.1, 0.15) is 0 Å². The van der Waals surface area contributed by atoms with Crippen LogP contribution in [0.25, 0.3) is 0 Å². The maximum absolute atomic E-state index is 13.2. The summed E-state index contributed by atoms with van der Waals surface area (Å²) in [5.41, 5.74) is 7.71. The molecule has 1 aliphatic rings. The standard InChI is InChI=1S/C27H27F6N3O4/c28-26(29,30)11-9-19(23(34)39)20(10-12-27(31,32)33)25(40)36-24-21(38)13-17-3-1-2-4-18(17)22(35-24)16-7-5-15(14-37)6-8-16/h1-8,19-20,24,37H,9-14H2,(H2,34,39)(H,36,40)/t19-,20+,24+/m0/s1. The number of nitrogens with zero attached hydrogens (tertiary/aromatic N) is 1. The van der Waals surface area contributed by atoms with Crippen molar-refractivity contribution in [3.8, 4) is 0 Å². The van der Waals surface area contributed by atoms with E-state index in [1.54, 1.807) is 48.5 Å². The smallest absolute Gasteiger partial charge is 0.389 e. The van der Waals surface area contributed by atoms with Crippen molar-refractivity contribution in [3.63, 3.8) is 0 Å². The first-order chi connectivity index (χ1) is 18.7. The van der Waals surface area contributed by atoms with Crippen LogP contribution in [0.15, 0.2) is 53.5 Å². The highest BCUT2D eigenvalue weighted by molar-refractivity contribution is 6.16. The number of rotatable bonds is 10. The summed E-state index contributed by atoms with van der Waals surface area (Å²) in [7, 11) is 0. The molecule has 216 valence electrons. The number of hydrogen-bond acceptors (Lipinski definition) is 5. The van der Waals surface area contributed by atoms with Gasteiger partial charge in [0.2, 0.25) is 11.8 Å². The Labute approximate surface area is 225 Å². The summed E-state index contributed by atoms with van der Waals surface area (Å²) in [6.45, 7) is -0.227. The van der Waals surface area contributed by atoms with Crippen LogP contribution in [0.5, 0.6) is 0 Å². The minimum absolute atomic E-state index is 0.205. The van der Waals surface area contributed by atoms with Gasteiger partial charge in [-0.1, -0.05) is 48.5 Å².